The molecule has 0 amide bonds. The van der Waals surface area contributed by atoms with Gasteiger partial charge in [-0.25, -0.2) is 13.4 Å². The van der Waals surface area contributed by atoms with Gasteiger partial charge in [-0.2, -0.15) is 4.31 Å². The fourth-order valence-corrected chi connectivity index (χ4v) is 4.93. The molecule has 1 aliphatic rings. The molecule has 1 N–H and O–H groups in total. The Kier molecular flexibility index (Phi) is 6.11. The van der Waals surface area contributed by atoms with Gasteiger partial charge in [-0.1, -0.05) is 23.8 Å². The average Bonchev–Trinajstić information content (AvgIpc) is 2.81. The van der Waals surface area contributed by atoms with Gasteiger partial charge in [0.2, 0.25) is 10.0 Å². The van der Waals surface area contributed by atoms with Gasteiger partial charge in [0, 0.05) is 31.9 Å². The van der Waals surface area contributed by atoms with Crippen molar-refractivity contribution in [2.45, 2.75) is 11.8 Å². The van der Waals surface area contributed by atoms with Crippen LogP contribution in [0.5, 0.6) is 5.75 Å². The molecule has 0 saturated carbocycles. The first-order chi connectivity index (χ1) is 15.0. The van der Waals surface area contributed by atoms with Gasteiger partial charge < -0.3 is 15.0 Å². The second-order valence-corrected chi connectivity index (χ2v) is 9.38. The highest BCUT2D eigenvalue weighted by Gasteiger charge is 2.29. The third-order valence-electron chi connectivity index (χ3n) is 5.32. The van der Waals surface area contributed by atoms with Gasteiger partial charge in [0.1, 0.15) is 17.4 Å². The van der Waals surface area contributed by atoms with E-state index in [9.17, 15) is 8.42 Å². The number of aryl methyl sites for hydroxylation is 1. The summed E-state index contributed by atoms with van der Waals surface area (Å²) in [5.74, 6) is 2.22. The van der Waals surface area contributed by atoms with Crippen LogP contribution >= 0.6 is 0 Å². The normalized spacial score (nSPS) is 15.0. The molecule has 0 spiro atoms. The van der Waals surface area contributed by atoms with Gasteiger partial charge in [-0.15, -0.1) is 0 Å². The smallest absolute Gasteiger partial charge is 0.243 e. The molecule has 8 heteroatoms. The van der Waals surface area contributed by atoms with Crippen LogP contribution in [0.25, 0.3) is 0 Å². The van der Waals surface area contributed by atoms with Crippen molar-refractivity contribution in [3.8, 4) is 5.75 Å². The summed E-state index contributed by atoms with van der Waals surface area (Å²) < 4.78 is 32.5. The lowest BCUT2D eigenvalue weighted by atomic mass is 10.2. The Hall–Kier alpha value is -3.10. The van der Waals surface area contributed by atoms with E-state index in [1.807, 2.05) is 30.3 Å². The van der Waals surface area contributed by atoms with Crippen molar-refractivity contribution in [3.05, 3.63) is 72.3 Å². The highest BCUT2D eigenvalue weighted by molar-refractivity contribution is 7.89. The first-order valence-electron chi connectivity index (χ1n) is 10.2. The molecule has 0 bridgehead atoms. The number of aromatic nitrogens is 1. The number of nitrogens with one attached hydrogen (secondary N) is 1. The Bertz CT molecular complexity index is 1120. The van der Waals surface area contributed by atoms with Crippen LogP contribution in [0.15, 0.2) is 71.6 Å². The molecule has 2 heterocycles. The van der Waals surface area contributed by atoms with Crippen LogP contribution in [-0.4, -0.2) is 51.0 Å². The zero-order valence-corrected chi connectivity index (χ0v) is 18.5. The van der Waals surface area contributed by atoms with Gasteiger partial charge in [-0.05, 0) is 55.5 Å². The first-order valence-corrected chi connectivity index (χ1v) is 11.6. The summed E-state index contributed by atoms with van der Waals surface area (Å²) in [5.41, 5.74) is 2.18. The van der Waals surface area contributed by atoms with Crippen LogP contribution in [0.4, 0.5) is 17.3 Å². The lowest BCUT2D eigenvalue weighted by molar-refractivity contribution is 0.383. The highest BCUT2D eigenvalue weighted by Crippen LogP contribution is 2.23. The number of nitrogens with zero attached hydrogens (tertiary/aromatic N) is 3. The van der Waals surface area contributed by atoms with E-state index < -0.39 is 10.0 Å². The predicted molar refractivity (Wildman–Crippen MR) is 123 cm³/mol. The Morgan fingerprint density at radius 2 is 1.58 bits per heavy atom. The molecule has 1 aliphatic heterocycles. The van der Waals surface area contributed by atoms with Crippen molar-refractivity contribution in [3.63, 3.8) is 0 Å². The molecule has 0 unspecified atom stereocenters. The van der Waals surface area contributed by atoms with Crippen LogP contribution in [-0.2, 0) is 10.0 Å². The van der Waals surface area contributed by atoms with Crippen LogP contribution in [0.2, 0.25) is 0 Å². The first kappa shape index (κ1) is 21.1. The van der Waals surface area contributed by atoms with Crippen LogP contribution < -0.4 is 15.0 Å². The van der Waals surface area contributed by atoms with Crippen molar-refractivity contribution in [1.29, 1.82) is 0 Å². The number of pyridine rings is 1. The molecular weight excluding hydrogens is 412 g/mol. The fraction of sp³-hybridized carbons (Fsp3) is 0.261. The Morgan fingerprint density at radius 1 is 0.903 bits per heavy atom. The quantitative estimate of drug-likeness (QED) is 0.633. The minimum Gasteiger partial charge on any atom is -0.497 e. The van der Waals surface area contributed by atoms with E-state index in [1.165, 1.54) is 9.87 Å². The van der Waals surface area contributed by atoms with E-state index in [4.69, 9.17) is 9.72 Å². The van der Waals surface area contributed by atoms with Crippen LogP contribution in [0.1, 0.15) is 5.56 Å². The van der Waals surface area contributed by atoms with Gasteiger partial charge >= 0.3 is 0 Å². The van der Waals surface area contributed by atoms with Crippen molar-refractivity contribution in [1.82, 2.24) is 9.29 Å². The number of piperazine rings is 1. The van der Waals surface area contributed by atoms with Crippen LogP contribution in [0, 0.1) is 6.92 Å². The lowest BCUT2D eigenvalue weighted by Gasteiger charge is -2.34. The number of ether oxygens (including phenoxy) is 1. The molecule has 2 aromatic carbocycles. The fourth-order valence-electron chi connectivity index (χ4n) is 3.51. The minimum atomic E-state index is -3.53. The molecule has 1 saturated heterocycles. The third-order valence-corrected chi connectivity index (χ3v) is 7.23. The predicted octanol–water partition coefficient (Wildman–Crippen LogP) is 3.65. The second kappa shape index (κ2) is 8.95. The van der Waals surface area contributed by atoms with Crippen molar-refractivity contribution >= 4 is 27.3 Å². The van der Waals surface area contributed by atoms with Gasteiger partial charge in [0.15, 0.2) is 0 Å². The van der Waals surface area contributed by atoms with Crippen molar-refractivity contribution < 1.29 is 13.2 Å². The van der Waals surface area contributed by atoms with Crippen LogP contribution in [0.3, 0.4) is 0 Å². The van der Waals surface area contributed by atoms with E-state index in [-0.39, 0.29) is 4.90 Å². The zero-order valence-electron chi connectivity index (χ0n) is 17.7. The van der Waals surface area contributed by atoms with E-state index in [2.05, 4.69) is 29.3 Å². The zero-order chi connectivity index (χ0) is 21.8. The SMILES string of the molecule is COc1ccc(S(=O)(=O)N2CCN(c3cccc(Nc4ccc(C)cc4)n3)CC2)cc1. The van der Waals surface area contributed by atoms with E-state index >= 15 is 0 Å². The maximum absolute atomic E-state index is 13.0. The number of anilines is 3. The summed E-state index contributed by atoms with van der Waals surface area (Å²) in [4.78, 5) is 7.10. The molecule has 3 aromatic rings. The third kappa shape index (κ3) is 4.81. The Morgan fingerprint density at radius 3 is 2.23 bits per heavy atom. The summed E-state index contributed by atoms with van der Waals surface area (Å²) in [6, 6.07) is 20.5. The summed E-state index contributed by atoms with van der Waals surface area (Å²) in [5, 5.41) is 3.32. The summed E-state index contributed by atoms with van der Waals surface area (Å²) >= 11 is 0. The molecule has 0 atom stereocenters. The second-order valence-electron chi connectivity index (χ2n) is 7.44. The lowest BCUT2D eigenvalue weighted by Crippen LogP contribution is -2.48. The van der Waals surface area contributed by atoms with Crippen molar-refractivity contribution in [2.24, 2.45) is 0 Å². The number of rotatable bonds is 6. The van der Waals surface area contributed by atoms with E-state index in [0.29, 0.717) is 31.9 Å². The summed E-state index contributed by atoms with van der Waals surface area (Å²) in [7, 11) is -1.97. The maximum atomic E-state index is 13.0. The molecule has 4 rings (SSSR count). The molecule has 0 radical (unpaired) electrons. The molecular formula is C23H26N4O3S. The Balaban J connectivity index is 1.42. The number of methoxy groups -OCH3 is 1. The minimum absolute atomic E-state index is 0.282. The molecule has 7 nitrogen and oxygen atoms in total. The van der Waals surface area contributed by atoms with Gasteiger partial charge in [0.05, 0.1) is 12.0 Å². The van der Waals surface area contributed by atoms with E-state index in [1.54, 1.807) is 31.4 Å². The molecule has 31 heavy (non-hydrogen) atoms. The van der Waals surface area contributed by atoms with Gasteiger partial charge in [0.25, 0.3) is 0 Å². The van der Waals surface area contributed by atoms with E-state index in [0.717, 1.165) is 17.3 Å². The topological polar surface area (TPSA) is 74.8 Å². The Labute approximate surface area is 183 Å². The molecule has 1 fully saturated rings. The van der Waals surface area contributed by atoms with Gasteiger partial charge in [-0.3, -0.25) is 0 Å². The summed E-state index contributed by atoms with van der Waals surface area (Å²) in [6.07, 6.45) is 0. The average molecular weight is 439 g/mol. The number of benzene rings is 2. The number of sulfonamides is 1. The molecule has 162 valence electrons. The monoisotopic (exact) mass is 438 g/mol. The number of hydrogen-bond acceptors (Lipinski definition) is 6. The molecule has 0 aliphatic carbocycles. The van der Waals surface area contributed by atoms with Crippen molar-refractivity contribution in [2.75, 3.05) is 43.5 Å². The highest BCUT2D eigenvalue weighted by atomic mass is 32.2. The largest absolute Gasteiger partial charge is 0.497 e. The number of hydrogen-bond donors (Lipinski definition) is 1. The standard InChI is InChI=1S/C23H26N4O3S/c1-18-6-8-19(9-7-18)24-22-4-3-5-23(25-22)26-14-16-27(17-15-26)31(28,29)21-12-10-20(30-2)11-13-21/h3-13H,14-17H2,1-2H3,(H,24,25). The summed E-state index contributed by atoms with van der Waals surface area (Å²) in [6.45, 7) is 4.03. The molecule has 1 aromatic heterocycles. The maximum Gasteiger partial charge on any atom is 0.243 e.